The molecule has 1 aromatic heterocycles. The van der Waals surface area contributed by atoms with Crippen molar-refractivity contribution in [1.29, 1.82) is 0 Å². The highest BCUT2D eigenvalue weighted by molar-refractivity contribution is 5.35. The number of aromatic amines is 1. The van der Waals surface area contributed by atoms with Crippen LogP contribution in [-0.4, -0.2) is 51.8 Å². The van der Waals surface area contributed by atoms with E-state index in [9.17, 15) is 30.7 Å². The average molecular weight is 560 g/mol. The summed E-state index contributed by atoms with van der Waals surface area (Å²) in [6, 6.07) is 7.44. The van der Waals surface area contributed by atoms with E-state index in [1.807, 2.05) is 7.05 Å². The first-order valence-corrected chi connectivity index (χ1v) is 12.4. The topological polar surface area (TPSA) is 66.9 Å². The molecular formula is C26H28F7N5O. The van der Waals surface area contributed by atoms with Gasteiger partial charge in [0.05, 0.1) is 23.3 Å². The molecule has 0 radical (unpaired) electrons. The number of hydrogen-bond donors (Lipinski definition) is 1. The molecule has 6 nitrogen and oxygen atoms in total. The van der Waals surface area contributed by atoms with Crippen LogP contribution < -0.4 is 0 Å². The van der Waals surface area contributed by atoms with Crippen LogP contribution in [0, 0.1) is 11.7 Å². The van der Waals surface area contributed by atoms with E-state index in [2.05, 4.69) is 25.5 Å². The maximum absolute atomic E-state index is 13.7. The molecule has 1 aliphatic carbocycles. The number of halogens is 7. The standard InChI is InChI=1S/C26H28F7N5O/c1-15(18-11-19(25(28,29)30)13-20(12-18)26(31,32)33)39-22-8-5-17(24(22)16-3-6-21(27)7-4-16)14-38(2)10-9-23-34-36-37-35-23/h3-4,6-7,11-13,15,17,22,24H,5,8-10,14H2,1-2H3,(H,34,35,36,37). The maximum Gasteiger partial charge on any atom is 0.416 e. The van der Waals surface area contributed by atoms with Crippen LogP contribution in [0.25, 0.3) is 0 Å². The van der Waals surface area contributed by atoms with Crippen molar-refractivity contribution in [2.24, 2.45) is 5.92 Å². The van der Waals surface area contributed by atoms with Gasteiger partial charge in [-0.3, -0.25) is 0 Å². The van der Waals surface area contributed by atoms with Crippen molar-refractivity contribution in [2.75, 3.05) is 20.1 Å². The third-order valence-electron chi connectivity index (χ3n) is 7.10. The first-order chi connectivity index (χ1) is 18.3. The van der Waals surface area contributed by atoms with Crippen molar-refractivity contribution >= 4 is 0 Å². The van der Waals surface area contributed by atoms with Crippen LogP contribution in [0.2, 0.25) is 0 Å². The first-order valence-electron chi connectivity index (χ1n) is 12.4. The average Bonchev–Trinajstić information content (AvgIpc) is 3.52. The highest BCUT2D eigenvalue weighted by Crippen LogP contribution is 2.45. The van der Waals surface area contributed by atoms with Gasteiger partial charge in [0.2, 0.25) is 0 Å². The fourth-order valence-corrected chi connectivity index (χ4v) is 5.20. The van der Waals surface area contributed by atoms with Gasteiger partial charge in [-0.25, -0.2) is 4.39 Å². The maximum atomic E-state index is 13.7. The second-order valence-electron chi connectivity index (χ2n) is 9.91. The van der Waals surface area contributed by atoms with Crippen LogP contribution in [0.3, 0.4) is 0 Å². The molecule has 0 amide bonds. The minimum Gasteiger partial charge on any atom is -0.370 e. The summed E-state index contributed by atoms with van der Waals surface area (Å²) >= 11 is 0. The van der Waals surface area contributed by atoms with Gasteiger partial charge in [-0.2, -0.15) is 31.6 Å². The van der Waals surface area contributed by atoms with Crippen molar-refractivity contribution in [3.05, 3.63) is 76.4 Å². The van der Waals surface area contributed by atoms with E-state index in [1.165, 1.54) is 19.1 Å². The molecule has 1 saturated carbocycles. The lowest BCUT2D eigenvalue weighted by molar-refractivity contribution is -0.143. The van der Waals surface area contributed by atoms with Crippen LogP contribution in [-0.2, 0) is 23.5 Å². The molecule has 0 spiro atoms. The molecule has 4 atom stereocenters. The van der Waals surface area contributed by atoms with Crippen LogP contribution in [0.5, 0.6) is 0 Å². The van der Waals surface area contributed by atoms with E-state index in [-0.39, 0.29) is 23.5 Å². The zero-order chi connectivity index (χ0) is 28.4. The van der Waals surface area contributed by atoms with Gasteiger partial charge >= 0.3 is 12.4 Å². The second kappa shape index (κ2) is 11.6. The van der Waals surface area contributed by atoms with Crippen molar-refractivity contribution in [1.82, 2.24) is 25.5 Å². The summed E-state index contributed by atoms with van der Waals surface area (Å²) in [6.07, 6.45) is -9.62. The molecule has 0 bridgehead atoms. The molecule has 13 heteroatoms. The predicted molar refractivity (Wildman–Crippen MR) is 127 cm³/mol. The van der Waals surface area contributed by atoms with Gasteiger partial charge in [-0.1, -0.05) is 17.3 Å². The normalized spacial score (nSPS) is 21.0. The van der Waals surface area contributed by atoms with Gasteiger partial charge in [0.15, 0.2) is 5.82 Å². The van der Waals surface area contributed by atoms with E-state index >= 15 is 0 Å². The summed E-state index contributed by atoms with van der Waals surface area (Å²) in [4.78, 5) is 2.09. The summed E-state index contributed by atoms with van der Waals surface area (Å²) < 4.78 is 100. The van der Waals surface area contributed by atoms with Crippen LogP contribution in [0.1, 0.15) is 59.9 Å². The Balaban J connectivity index is 1.55. The van der Waals surface area contributed by atoms with Crippen molar-refractivity contribution in [3.8, 4) is 0 Å². The van der Waals surface area contributed by atoms with E-state index < -0.39 is 41.5 Å². The number of hydrogen-bond acceptors (Lipinski definition) is 5. The quantitative estimate of drug-likeness (QED) is 0.317. The molecule has 0 aliphatic heterocycles. The van der Waals surface area contributed by atoms with Crippen molar-refractivity contribution < 1.29 is 35.5 Å². The van der Waals surface area contributed by atoms with Gasteiger partial charge in [0.25, 0.3) is 0 Å². The molecule has 2 aromatic carbocycles. The van der Waals surface area contributed by atoms with E-state index in [1.54, 1.807) is 12.1 Å². The zero-order valence-electron chi connectivity index (χ0n) is 21.2. The van der Waals surface area contributed by atoms with Gasteiger partial charge in [0, 0.05) is 25.4 Å². The summed E-state index contributed by atoms with van der Waals surface area (Å²) in [5.74, 6) is -0.0403. The smallest absolute Gasteiger partial charge is 0.370 e. The van der Waals surface area contributed by atoms with Gasteiger partial charge in [-0.15, -0.1) is 10.2 Å². The summed E-state index contributed by atoms with van der Waals surface area (Å²) in [7, 11) is 1.93. The minimum absolute atomic E-state index is 0.0511. The molecule has 4 rings (SSSR count). The Hall–Kier alpha value is -3.06. The molecule has 39 heavy (non-hydrogen) atoms. The van der Waals surface area contributed by atoms with Crippen LogP contribution in [0.15, 0.2) is 42.5 Å². The fraction of sp³-hybridized carbons (Fsp3) is 0.500. The Morgan fingerprint density at radius 1 is 1.00 bits per heavy atom. The van der Waals surface area contributed by atoms with E-state index in [4.69, 9.17) is 4.74 Å². The summed E-state index contributed by atoms with van der Waals surface area (Å²) in [5.41, 5.74) is -2.19. The highest BCUT2D eigenvalue weighted by Gasteiger charge is 2.41. The number of H-pyrrole nitrogens is 1. The number of benzene rings is 2. The number of likely N-dealkylation sites (N-methyl/N-ethyl adjacent to an activating group) is 1. The molecule has 3 aromatic rings. The zero-order valence-corrected chi connectivity index (χ0v) is 21.2. The monoisotopic (exact) mass is 559 g/mol. The number of rotatable bonds is 9. The molecular weight excluding hydrogens is 531 g/mol. The number of alkyl halides is 6. The third-order valence-corrected chi connectivity index (χ3v) is 7.10. The van der Waals surface area contributed by atoms with Gasteiger partial charge < -0.3 is 9.64 Å². The Morgan fingerprint density at radius 3 is 2.21 bits per heavy atom. The number of tetrazole rings is 1. The largest absolute Gasteiger partial charge is 0.416 e. The predicted octanol–water partition coefficient (Wildman–Crippen LogP) is 6.19. The van der Waals surface area contributed by atoms with Crippen LogP contribution in [0.4, 0.5) is 30.7 Å². The van der Waals surface area contributed by atoms with Crippen molar-refractivity contribution in [2.45, 2.75) is 56.7 Å². The number of aromatic nitrogens is 4. The van der Waals surface area contributed by atoms with Crippen LogP contribution >= 0.6 is 0 Å². The van der Waals surface area contributed by atoms with Gasteiger partial charge in [-0.05, 0) is 74.2 Å². The number of nitrogens with zero attached hydrogens (tertiary/aromatic N) is 4. The molecule has 1 fully saturated rings. The first kappa shape index (κ1) is 28.9. The van der Waals surface area contributed by atoms with Gasteiger partial charge in [0.1, 0.15) is 5.82 Å². The number of nitrogens with one attached hydrogen (secondary N) is 1. The van der Waals surface area contributed by atoms with Crippen molar-refractivity contribution in [3.63, 3.8) is 0 Å². The Kier molecular flexibility index (Phi) is 8.60. The highest BCUT2D eigenvalue weighted by atomic mass is 19.4. The molecule has 1 N–H and O–H groups in total. The lowest BCUT2D eigenvalue weighted by Crippen LogP contribution is -2.31. The Bertz CT molecular complexity index is 1180. The Labute approximate surface area is 220 Å². The summed E-state index contributed by atoms with van der Waals surface area (Å²) in [6.45, 7) is 2.72. The summed E-state index contributed by atoms with van der Waals surface area (Å²) in [5, 5.41) is 13.8. The number of ether oxygens (including phenoxy) is 1. The molecule has 1 heterocycles. The molecule has 212 valence electrons. The Morgan fingerprint density at radius 2 is 1.64 bits per heavy atom. The molecule has 4 unspecified atom stereocenters. The van der Waals surface area contributed by atoms with E-state index in [0.29, 0.717) is 50.3 Å². The minimum atomic E-state index is -4.95. The molecule has 1 aliphatic rings. The molecule has 0 saturated heterocycles. The fourth-order valence-electron chi connectivity index (χ4n) is 5.20. The SMILES string of the molecule is CC(OC1CCC(CN(C)CCc2nn[nH]n2)C1c1ccc(F)cc1)c1cc(C(F)(F)F)cc(C(F)(F)F)c1. The second-order valence-corrected chi connectivity index (χ2v) is 9.91. The van der Waals surface area contributed by atoms with E-state index in [0.717, 1.165) is 5.56 Å². The lowest BCUT2D eigenvalue weighted by atomic mass is 9.87. The lowest BCUT2D eigenvalue weighted by Gasteiger charge is -2.30. The third kappa shape index (κ3) is 7.33.